The van der Waals surface area contributed by atoms with Crippen LogP contribution < -0.4 is 11.1 Å². The first-order chi connectivity index (χ1) is 8.60. The van der Waals surface area contributed by atoms with Gasteiger partial charge in [0.05, 0.1) is 0 Å². The number of phenolic OH excluding ortho intramolecular Hbond substituents is 1. The average molecular weight is 263 g/mol. The Morgan fingerprint density at radius 2 is 2.33 bits per heavy atom. The van der Waals surface area contributed by atoms with Crippen molar-refractivity contribution < 1.29 is 9.90 Å². The lowest BCUT2D eigenvalue weighted by Crippen LogP contribution is -2.12. The number of hydrogen-bond donors (Lipinski definition) is 3. The van der Waals surface area contributed by atoms with Gasteiger partial charge in [-0.25, -0.2) is 4.98 Å². The SMILES string of the molecule is Cc1ccc(NC(=O)c2csc(CN)n2)cc1O. The molecule has 0 aliphatic heterocycles. The summed E-state index contributed by atoms with van der Waals surface area (Å²) in [6, 6.07) is 4.96. The van der Waals surface area contributed by atoms with Gasteiger partial charge in [-0.15, -0.1) is 11.3 Å². The number of carbonyl (C=O) groups excluding carboxylic acids is 1. The smallest absolute Gasteiger partial charge is 0.275 e. The van der Waals surface area contributed by atoms with E-state index in [9.17, 15) is 9.90 Å². The predicted octanol–water partition coefficient (Wildman–Crippen LogP) is 1.87. The van der Waals surface area contributed by atoms with Crippen LogP contribution in [0.2, 0.25) is 0 Å². The lowest BCUT2D eigenvalue weighted by Gasteiger charge is -2.05. The summed E-state index contributed by atoms with van der Waals surface area (Å²) in [5.74, 6) is -0.164. The number of nitrogens with zero attached hydrogens (tertiary/aromatic N) is 1. The highest BCUT2D eigenvalue weighted by molar-refractivity contribution is 7.09. The summed E-state index contributed by atoms with van der Waals surface area (Å²) in [7, 11) is 0. The normalized spacial score (nSPS) is 10.3. The number of phenols is 1. The van der Waals surface area contributed by atoms with Gasteiger partial charge in [-0.3, -0.25) is 4.79 Å². The molecule has 1 aromatic carbocycles. The molecular weight excluding hydrogens is 250 g/mol. The van der Waals surface area contributed by atoms with E-state index in [4.69, 9.17) is 5.73 Å². The number of thiazole rings is 1. The number of nitrogens with two attached hydrogens (primary N) is 1. The van der Waals surface area contributed by atoms with Gasteiger partial charge < -0.3 is 16.2 Å². The Morgan fingerprint density at radius 3 is 2.94 bits per heavy atom. The molecule has 0 saturated heterocycles. The predicted molar refractivity (Wildman–Crippen MR) is 70.8 cm³/mol. The number of amides is 1. The van der Waals surface area contributed by atoms with Gasteiger partial charge in [0, 0.05) is 23.7 Å². The fourth-order valence-corrected chi connectivity index (χ4v) is 2.05. The van der Waals surface area contributed by atoms with Crippen molar-refractivity contribution in [3.8, 4) is 5.75 Å². The van der Waals surface area contributed by atoms with E-state index < -0.39 is 0 Å². The van der Waals surface area contributed by atoms with Gasteiger partial charge >= 0.3 is 0 Å². The van der Waals surface area contributed by atoms with Gasteiger partial charge in [0.25, 0.3) is 5.91 Å². The van der Waals surface area contributed by atoms with E-state index in [2.05, 4.69) is 10.3 Å². The van der Waals surface area contributed by atoms with Gasteiger partial charge in [0.2, 0.25) is 0 Å². The summed E-state index contributed by atoms with van der Waals surface area (Å²) in [4.78, 5) is 15.9. The summed E-state index contributed by atoms with van der Waals surface area (Å²) < 4.78 is 0. The minimum atomic E-state index is -0.311. The molecule has 6 heteroatoms. The summed E-state index contributed by atoms with van der Waals surface area (Å²) >= 11 is 1.35. The Morgan fingerprint density at radius 1 is 1.56 bits per heavy atom. The highest BCUT2D eigenvalue weighted by Crippen LogP contribution is 2.21. The van der Waals surface area contributed by atoms with E-state index in [-0.39, 0.29) is 11.7 Å². The molecule has 0 aliphatic carbocycles. The van der Waals surface area contributed by atoms with Gasteiger partial charge in [0.15, 0.2) is 0 Å². The fourth-order valence-electron chi connectivity index (χ4n) is 1.39. The van der Waals surface area contributed by atoms with E-state index in [1.165, 1.54) is 17.4 Å². The number of aryl methyl sites for hydroxylation is 1. The van der Waals surface area contributed by atoms with Crippen LogP contribution in [0.4, 0.5) is 5.69 Å². The molecule has 1 aromatic heterocycles. The van der Waals surface area contributed by atoms with Crippen LogP contribution in [0.5, 0.6) is 5.75 Å². The lowest BCUT2D eigenvalue weighted by atomic mass is 10.2. The van der Waals surface area contributed by atoms with Gasteiger partial charge in [-0.1, -0.05) is 6.07 Å². The molecule has 2 aromatic rings. The summed E-state index contributed by atoms with van der Waals surface area (Å²) in [5, 5.41) is 14.6. The lowest BCUT2D eigenvalue weighted by molar-refractivity contribution is 0.102. The van der Waals surface area contributed by atoms with Crippen molar-refractivity contribution in [1.82, 2.24) is 4.98 Å². The number of carbonyl (C=O) groups is 1. The fraction of sp³-hybridized carbons (Fsp3) is 0.167. The first-order valence-electron chi connectivity index (χ1n) is 5.35. The van der Waals surface area contributed by atoms with Crippen LogP contribution in [0, 0.1) is 6.92 Å². The largest absolute Gasteiger partial charge is 0.508 e. The second-order valence-electron chi connectivity index (χ2n) is 3.79. The molecule has 0 fully saturated rings. The molecule has 0 spiro atoms. The molecule has 94 valence electrons. The molecule has 2 rings (SSSR count). The number of aromatic nitrogens is 1. The molecule has 0 unspecified atom stereocenters. The zero-order valence-corrected chi connectivity index (χ0v) is 10.6. The monoisotopic (exact) mass is 263 g/mol. The van der Waals surface area contributed by atoms with Crippen LogP contribution in [0.15, 0.2) is 23.6 Å². The van der Waals surface area contributed by atoms with Crippen LogP contribution in [0.1, 0.15) is 21.1 Å². The number of aromatic hydroxyl groups is 1. The first kappa shape index (κ1) is 12.5. The average Bonchev–Trinajstić information content (AvgIpc) is 2.82. The Hall–Kier alpha value is -1.92. The molecule has 0 radical (unpaired) electrons. The van der Waals surface area contributed by atoms with Crippen molar-refractivity contribution in [3.63, 3.8) is 0 Å². The zero-order valence-electron chi connectivity index (χ0n) is 9.80. The van der Waals surface area contributed by atoms with Crippen LogP contribution in [0.3, 0.4) is 0 Å². The summed E-state index contributed by atoms with van der Waals surface area (Å²) in [6.07, 6.45) is 0. The molecule has 0 aliphatic rings. The van der Waals surface area contributed by atoms with Crippen molar-refractivity contribution in [2.75, 3.05) is 5.32 Å². The van der Waals surface area contributed by atoms with E-state index in [0.29, 0.717) is 22.9 Å². The quantitative estimate of drug-likeness (QED) is 0.788. The second-order valence-corrected chi connectivity index (χ2v) is 4.73. The molecule has 18 heavy (non-hydrogen) atoms. The number of nitrogens with one attached hydrogen (secondary N) is 1. The van der Waals surface area contributed by atoms with Gasteiger partial charge in [-0.05, 0) is 18.6 Å². The number of anilines is 1. The van der Waals surface area contributed by atoms with Crippen molar-refractivity contribution in [3.05, 3.63) is 39.8 Å². The number of benzene rings is 1. The Labute approximate surface area is 108 Å². The van der Waals surface area contributed by atoms with E-state index in [1.54, 1.807) is 24.4 Å². The van der Waals surface area contributed by atoms with Crippen molar-refractivity contribution in [1.29, 1.82) is 0 Å². The molecule has 0 saturated carbocycles. The topological polar surface area (TPSA) is 88.2 Å². The third-order valence-corrected chi connectivity index (χ3v) is 3.30. The highest BCUT2D eigenvalue weighted by atomic mass is 32.1. The minimum absolute atomic E-state index is 0.147. The Kier molecular flexibility index (Phi) is 3.59. The second kappa shape index (κ2) is 5.16. The van der Waals surface area contributed by atoms with Crippen molar-refractivity contribution in [2.45, 2.75) is 13.5 Å². The highest BCUT2D eigenvalue weighted by Gasteiger charge is 2.10. The molecule has 1 heterocycles. The number of hydrogen-bond acceptors (Lipinski definition) is 5. The minimum Gasteiger partial charge on any atom is -0.508 e. The maximum Gasteiger partial charge on any atom is 0.275 e. The van der Waals surface area contributed by atoms with Gasteiger partial charge in [-0.2, -0.15) is 0 Å². The van der Waals surface area contributed by atoms with E-state index in [1.807, 2.05) is 0 Å². The van der Waals surface area contributed by atoms with Crippen LogP contribution in [-0.2, 0) is 6.54 Å². The maximum absolute atomic E-state index is 11.9. The molecule has 0 bridgehead atoms. The standard InChI is InChI=1S/C12H13N3O2S/c1-7-2-3-8(4-10(7)16)14-12(17)9-6-18-11(5-13)15-9/h2-4,6,16H,5,13H2,1H3,(H,14,17). The molecule has 1 amide bonds. The van der Waals surface area contributed by atoms with Crippen LogP contribution in [0.25, 0.3) is 0 Å². The zero-order chi connectivity index (χ0) is 13.1. The van der Waals surface area contributed by atoms with Crippen molar-refractivity contribution in [2.24, 2.45) is 5.73 Å². The molecule has 0 atom stereocenters. The van der Waals surface area contributed by atoms with Crippen molar-refractivity contribution >= 4 is 22.9 Å². The third kappa shape index (κ3) is 2.66. The van der Waals surface area contributed by atoms with E-state index in [0.717, 1.165) is 5.56 Å². The third-order valence-electron chi connectivity index (χ3n) is 2.43. The molecular formula is C12H13N3O2S. The Bertz CT molecular complexity index is 580. The summed E-state index contributed by atoms with van der Waals surface area (Å²) in [6.45, 7) is 2.11. The van der Waals surface area contributed by atoms with Crippen LogP contribution in [-0.4, -0.2) is 16.0 Å². The maximum atomic E-state index is 11.9. The van der Waals surface area contributed by atoms with E-state index >= 15 is 0 Å². The number of rotatable bonds is 3. The van der Waals surface area contributed by atoms with Gasteiger partial charge in [0.1, 0.15) is 16.5 Å². The molecule has 5 nitrogen and oxygen atoms in total. The van der Waals surface area contributed by atoms with Crippen LogP contribution >= 0.6 is 11.3 Å². The molecule has 4 N–H and O–H groups in total. The summed E-state index contributed by atoms with van der Waals surface area (Å²) in [5.41, 5.74) is 7.06. The first-order valence-corrected chi connectivity index (χ1v) is 6.23. The Balaban J connectivity index is 2.13.